The number of hydrogen-bond donors (Lipinski definition) is 2. The predicted molar refractivity (Wildman–Crippen MR) is 73.2 cm³/mol. The summed E-state index contributed by atoms with van der Waals surface area (Å²) in [5.74, 6) is -3.52. The second-order valence-corrected chi connectivity index (χ2v) is 7.08. The first kappa shape index (κ1) is 15.4. The number of hydrogen-bond acceptors (Lipinski definition) is 4. The van der Waals surface area contributed by atoms with Crippen LogP contribution in [0.4, 0.5) is 14.5 Å². The van der Waals surface area contributed by atoms with E-state index in [1.54, 1.807) is 0 Å². The van der Waals surface area contributed by atoms with Crippen molar-refractivity contribution >= 4 is 33.0 Å². The fraction of sp³-hybridized carbons (Fsp3) is 0.0833. The zero-order chi connectivity index (χ0) is 15.8. The summed E-state index contributed by atoms with van der Waals surface area (Å²) >= 11 is 0.583. The number of carboxylic acid groups (broad SMARTS) is 1. The summed E-state index contributed by atoms with van der Waals surface area (Å²) in [6, 6.07) is 3.76. The fourth-order valence-electron chi connectivity index (χ4n) is 1.56. The van der Waals surface area contributed by atoms with Crippen LogP contribution in [0.3, 0.4) is 0 Å². The van der Waals surface area contributed by atoms with Crippen molar-refractivity contribution in [1.82, 2.24) is 0 Å². The van der Waals surface area contributed by atoms with Crippen LogP contribution in [0, 0.1) is 18.6 Å². The van der Waals surface area contributed by atoms with Crippen LogP contribution in [-0.2, 0) is 10.0 Å². The van der Waals surface area contributed by atoms with Gasteiger partial charge in [-0.1, -0.05) is 0 Å². The van der Waals surface area contributed by atoms with E-state index < -0.39 is 27.6 Å². The van der Waals surface area contributed by atoms with Crippen molar-refractivity contribution in [1.29, 1.82) is 0 Å². The Kier molecular flexibility index (Phi) is 3.97. The van der Waals surface area contributed by atoms with Crippen LogP contribution in [-0.4, -0.2) is 19.5 Å². The molecule has 9 heteroatoms. The van der Waals surface area contributed by atoms with Gasteiger partial charge >= 0.3 is 5.97 Å². The quantitative estimate of drug-likeness (QED) is 0.901. The molecule has 1 heterocycles. The van der Waals surface area contributed by atoms with Gasteiger partial charge in [0.15, 0.2) is 11.6 Å². The Bertz CT molecular complexity index is 815. The minimum Gasteiger partial charge on any atom is -0.477 e. The van der Waals surface area contributed by atoms with Crippen molar-refractivity contribution in [3.05, 3.63) is 46.3 Å². The van der Waals surface area contributed by atoms with Crippen LogP contribution in [0.1, 0.15) is 15.2 Å². The molecule has 1 aromatic heterocycles. The molecule has 0 saturated heterocycles. The largest absolute Gasteiger partial charge is 0.477 e. The molecule has 0 radical (unpaired) electrons. The van der Waals surface area contributed by atoms with Crippen LogP contribution < -0.4 is 4.72 Å². The molecule has 0 aliphatic heterocycles. The van der Waals surface area contributed by atoms with Gasteiger partial charge in [0.1, 0.15) is 9.09 Å². The molecule has 0 saturated carbocycles. The van der Waals surface area contributed by atoms with E-state index in [0.717, 1.165) is 12.1 Å². The van der Waals surface area contributed by atoms with Crippen molar-refractivity contribution in [3.63, 3.8) is 0 Å². The van der Waals surface area contributed by atoms with E-state index in [1.807, 2.05) is 0 Å². The molecule has 0 spiro atoms. The molecule has 0 amide bonds. The lowest BCUT2D eigenvalue weighted by Gasteiger charge is -2.06. The van der Waals surface area contributed by atoms with Crippen LogP contribution in [0.5, 0.6) is 0 Å². The minimum absolute atomic E-state index is 0.0966. The van der Waals surface area contributed by atoms with Gasteiger partial charge in [0.05, 0.1) is 5.69 Å². The second-order valence-electron chi connectivity index (χ2n) is 4.12. The number of sulfonamides is 1. The molecule has 1 aromatic carbocycles. The third-order valence-electron chi connectivity index (χ3n) is 2.53. The van der Waals surface area contributed by atoms with Gasteiger partial charge in [-0.3, -0.25) is 4.72 Å². The molecular formula is C12H9F2NO4S2. The van der Waals surface area contributed by atoms with E-state index in [1.165, 1.54) is 13.0 Å². The first-order chi connectivity index (χ1) is 9.70. The number of halogens is 2. The van der Waals surface area contributed by atoms with Crippen LogP contribution >= 0.6 is 11.3 Å². The highest BCUT2D eigenvalue weighted by atomic mass is 32.2. The molecule has 112 valence electrons. The zero-order valence-electron chi connectivity index (χ0n) is 10.6. The van der Waals surface area contributed by atoms with Crippen molar-refractivity contribution in [2.75, 3.05) is 4.72 Å². The Morgan fingerprint density at radius 3 is 2.43 bits per heavy atom. The van der Waals surface area contributed by atoms with Gasteiger partial charge in [-0.05, 0) is 30.7 Å². The molecule has 0 aliphatic carbocycles. The Morgan fingerprint density at radius 2 is 1.90 bits per heavy atom. The summed E-state index contributed by atoms with van der Waals surface area (Å²) < 4.78 is 51.8. The zero-order valence-corrected chi connectivity index (χ0v) is 12.2. The molecule has 2 aromatic rings. The van der Waals surface area contributed by atoms with Crippen molar-refractivity contribution in [2.45, 2.75) is 11.1 Å². The number of thiophene rings is 1. The van der Waals surface area contributed by atoms with Gasteiger partial charge < -0.3 is 5.11 Å². The first-order valence-electron chi connectivity index (χ1n) is 5.52. The standard InChI is InChI=1S/C12H9F2NO4S2/c1-6-4-10(20-11(6)12(16)17)21(18,19)15-7-2-3-8(13)9(14)5-7/h2-5,15H,1H3,(H,16,17). The van der Waals surface area contributed by atoms with Crippen molar-refractivity contribution in [2.24, 2.45) is 0 Å². The number of nitrogens with one attached hydrogen (secondary N) is 1. The molecule has 2 rings (SSSR count). The molecular weight excluding hydrogens is 324 g/mol. The van der Waals surface area contributed by atoms with E-state index >= 15 is 0 Å². The molecule has 0 bridgehead atoms. The summed E-state index contributed by atoms with van der Waals surface area (Å²) in [5, 5.41) is 8.91. The number of carbonyl (C=O) groups is 1. The summed E-state index contributed by atoms with van der Waals surface area (Å²) in [5.41, 5.74) is 0.148. The van der Waals surface area contributed by atoms with E-state index in [0.29, 0.717) is 23.0 Å². The number of anilines is 1. The lowest BCUT2D eigenvalue weighted by atomic mass is 10.3. The Balaban J connectivity index is 2.36. The fourth-order valence-corrected chi connectivity index (χ4v) is 3.99. The average Bonchev–Trinajstić information content (AvgIpc) is 2.77. The predicted octanol–water partition coefficient (Wildman–Crippen LogP) is 2.83. The van der Waals surface area contributed by atoms with Crippen molar-refractivity contribution < 1.29 is 27.1 Å². The Hall–Kier alpha value is -2.00. The molecule has 0 fully saturated rings. The highest BCUT2D eigenvalue weighted by molar-refractivity contribution is 7.94. The van der Waals surface area contributed by atoms with Crippen LogP contribution in [0.15, 0.2) is 28.5 Å². The average molecular weight is 333 g/mol. The number of benzene rings is 1. The third-order valence-corrected chi connectivity index (χ3v) is 5.61. The molecule has 0 aliphatic rings. The SMILES string of the molecule is Cc1cc(S(=O)(=O)Nc2ccc(F)c(F)c2)sc1C(=O)O. The van der Waals surface area contributed by atoms with E-state index in [-0.39, 0.29) is 14.8 Å². The maximum atomic E-state index is 13.0. The number of rotatable bonds is 4. The van der Waals surface area contributed by atoms with Gasteiger partial charge in [-0.25, -0.2) is 22.0 Å². The maximum absolute atomic E-state index is 13.0. The monoisotopic (exact) mass is 333 g/mol. The normalized spacial score (nSPS) is 11.4. The highest BCUT2D eigenvalue weighted by Crippen LogP contribution is 2.28. The minimum atomic E-state index is -4.06. The molecule has 21 heavy (non-hydrogen) atoms. The van der Waals surface area contributed by atoms with Gasteiger partial charge in [0.25, 0.3) is 10.0 Å². The summed E-state index contributed by atoms with van der Waals surface area (Å²) in [7, 11) is -4.06. The maximum Gasteiger partial charge on any atom is 0.346 e. The lowest BCUT2D eigenvalue weighted by Crippen LogP contribution is -2.11. The Labute approximate surface area is 122 Å². The van der Waals surface area contributed by atoms with Crippen LogP contribution in [0.2, 0.25) is 0 Å². The van der Waals surface area contributed by atoms with Gasteiger partial charge in [0.2, 0.25) is 0 Å². The molecule has 0 atom stereocenters. The summed E-state index contributed by atoms with van der Waals surface area (Å²) in [6.45, 7) is 1.47. The van der Waals surface area contributed by atoms with E-state index in [9.17, 15) is 22.0 Å². The number of aromatic carboxylic acids is 1. The number of aryl methyl sites for hydroxylation is 1. The molecule has 5 nitrogen and oxygen atoms in total. The topological polar surface area (TPSA) is 83.5 Å². The summed E-state index contributed by atoms with van der Waals surface area (Å²) in [6.07, 6.45) is 0. The van der Waals surface area contributed by atoms with E-state index in [2.05, 4.69) is 4.72 Å². The van der Waals surface area contributed by atoms with Gasteiger partial charge in [-0.2, -0.15) is 0 Å². The van der Waals surface area contributed by atoms with E-state index in [4.69, 9.17) is 5.11 Å². The molecule has 0 unspecified atom stereocenters. The first-order valence-corrected chi connectivity index (χ1v) is 7.82. The lowest BCUT2D eigenvalue weighted by molar-refractivity contribution is 0.0701. The second kappa shape index (κ2) is 5.41. The number of carboxylic acids is 1. The third kappa shape index (κ3) is 3.19. The summed E-state index contributed by atoms with van der Waals surface area (Å²) in [4.78, 5) is 10.8. The highest BCUT2D eigenvalue weighted by Gasteiger charge is 2.22. The Morgan fingerprint density at radius 1 is 1.24 bits per heavy atom. The van der Waals surface area contributed by atoms with Gasteiger partial charge in [-0.15, -0.1) is 11.3 Å². The van der Waals surface area contributed by atoms with Crippen LogP contribution in [0.25, 0.3) is 0 Å². The smallest absolute Gasteiger partial charge is 0.346 e. The van der Waals surface area contributed by atoms with Gasteiger partial charge in [0, 0.05) is 6.07 Å². The molecule has 2 N–H and O–H groups in total. The van der Waals surface area contributed by atoms with Crippen molar-refractivity contribution in [3.8, 4) is 0 Å².